The molecular formula is C20H34N4O4. The van der Waals surface area contributed by atoms with Crippen molar-refractivity contribution in [2.45, 2.75) is 71.6 Å². The molecule has 0 saturated carbocycles. The average molecular weight is 395 g/mol. The van der Waals surface area contributed by atoms with Crippen LogP contribution in [0.1, 0.15) is 53.4 Å². The van der Waals surface area contributed by atoms with Crippen LogP contribution in [0.2, 0.25) is 0 Å². The molecule has 28 heavy (non-hydrogen) atoms. The number of amides is 3. The Labute approximate surface area is 167 Å². The zero-order valence-corrected chi connectivity index (χ0v) is 17.6. The van der Waals surface area contributed by atoms with E-state index < -0.39 is 12.2 Å². The molecule has 1 unspecified atom stereocenters. The van der Waals surface area contributed by atoms with Crippen LogP contribution >= 0.6 is 0 Å². The van der Waals surface area contributed by atoms with Gasteiger partial charge < -0.3 is 16.0 Å². The van der Waals surface area contributed by atoms with Crippen LogP contribution in [0.4, 0.5) is 0 Å². The molecule has 1 heterocycles. The highest BCUT2D eigenvalue weighted by Gasteiger charge is 2.41. The average Bonchev–Trinajstić information content (AvgIpc) is 2.88. The Kier molecular flexibility index (Phi) is 9.85. The fourth-order valence-electron chi connectivity index (χ4n) is 3.19. The van der Waals surface area contributed by atoms with Gasteiger partial charge >= 0.3 is 0 Å². The molecule has 0 radical (unpaired) electrons. The standard InChI is InChI=1S/C20H34N4O4/c1-6-9-17(26)21-11-8-7-10-15(14(4)25)22-20(28)18-23-19(27)16(24(18)5)12-13(2)3/h6,9,13,15-16,18H,7-8,10-12H2,1-5H3,(H,21,26)(H,22,28)(H,23,27)/b9-6+/t15-,16-,18?/m0/s1. The normalized spacial score (nSPS) is 21.0. The van der Waals surface area contributed by atoms with Crippen molar-refractivity contribution in [2.75, 3.05) is 13.6 Å². The SMILES string of the molecule is C/C=C/C(=O)NCCCC[C@H](NC(=O)C1NC(=O)[C@H](CC(C)C)N1C)C(C)=O. The van der Waals surface area contributed by atoms with Gasteiger partial charge in [-0.3, -0.25) is 24.1 Å². The van der Waals surface area contributed by atoms with E-state index in [0.29, 0.717) is 38.1 Å². The van der Waals surface area contributed by atoms with E-state index in [0.717, 1.165) is 0 Å². The molecule has 0 aromatic heterocycles. The van der Waals surface area contributed by atoms with Crippen LogP contribution in [0.15, 0.2) is 12.2 Å². The summed E-state index contributed by atoms with van der Waals surface area (Å²) in [6.07, 6.45) is 4.90. The number of Topliss-reactive ketones (excluding diaryl/α,β-unsaturated/α-hetero) is 1. The number of allylic oxidation sites excluding steroid dienone is 1. The van der Waals surface area contributed by atoms with E-state index in [-0.39, 0.29) is 29.5 Å². The Bertz CT molecular complexity index is 603. The summed E-state index contributed by atoms with van der Waals surface area (Å²) in [6.45, 7) is 7.79. The molecule has 0 aliphatic carbocycles. The number of carbonyl (C=O) groups is 4. The van der Waals surface area contributed by atoms with Crippen LogP contribution in [0.3, 0.4) is 0 Å². The van der Waals surface area contributed by atoms with Gasteiger partial charge in [0.05, 0.1) is 12.1 Å². The number of ketones is 1. The number of hydrogen-bond donors (Lipinski definition) is 3. The van der Waals surface area contributed by atoms with Crippen molar-refractivity contribution < 1.29 is 19.2 Å². The first-order chi connectivity index (χ1) is 13.2. The fourth-order valence-corrected chi connectivity index (χ4v) is 3.19. The minimum absolute atomic E-state index is 0.128. The third-order valence-electron chi connectivity index (χ3n) is 4.77. The van der Waals surface area contributed by atoms with Gasteiger partial charge in [0.25, 0.3) is 5.91 Å². The Balaban J connectivity index is 2.51. The monoisotopic (exact) mass is 394 g/mol. The Hall–Kier alpha value is -2.22. The van der Waals surface area contributed by atoms with E-state index in [4.69, 9.17) is 0 Å². The molecular weight excluding hydrogens is 360 g/mol. The summed E-state index contributed by atoms with van der Waals surface area (Å²) >= 11 is 0. The highest BCUT2D eigenvalue weighted by Crippen LogP contribution is 2.18. The molecule has 1 aliphatic heterocycles. The zero-order valence-electron chi connectivity index (χ0n) is 17.6. The van der Waals surface area contributed by atoms with Gasteiger partial charge in [0, 0.05) is 6.54 Å². The number of likely N-dealkylation sites (N-methyl/N-ethyl adjacent to an activating group) is 1. The summed E-state index contributed by atoms with van der Waals surface area (Å²) in [6, 6.07) is -0.944. The van der Waals surface area contributed by atoms with Gasteiger partial charge in [0.1, 0.15) is 0 Å². The van der Waals surface area contributed by atoms with Crippen molar-refractivity contribution in [2.24, 2.45) is 5.92 Å². The second kappa shape index (κ2) is 11.6. The number of hydrogen-bond acceptors (Lipinski definition) is 5. The highest BCUT2D eigenvalue weighted by atomic mass is 16.2. The van der Waals surface area contributed by atoms with E-state index in [1.165, 1.54) is 13.0 Å². The second-order valence-corrected chi connectivity index (χ2v) is 7.68. The van der Waals surface area contributed by atoms with Crippen molar-refractivity contribution >= 4 is 23.5 Å². The maximum Gasteiger partial charge on any atom is 0.258 e. The summed E-state index contributed by atoms with van der Waals surface area (Å²) < 4.78 is 0. The molecule has 1 rings (SSSR count). The first kappa shape index (κ1) is 23.8. The molecule has 1 saturated heterocycles. The fraction of sp³-hybridized carbons (Fsp3) is 0.700. The van der Waals surface area contributed by atoms with Crippen molar-refractivity contribution in [3.05, 3.63) is 12.2 Å². The Morgan fingerprint density at radius 1 is 1.25 bits per heavy atom. The molecule has 3 amide bonds. The lowest BCUT2D eigenvalue weighted by Crippen LogP contribution is -2.52. The van der Waals surface area contributed by atoms with E-state index >= 15 is 0 Å². The quantitative estimate of drug-likeness (QED) is 0.354. The third-order valence-corrected chi connectivity index (χ3v) is 4.77. The molecule has 1 aliphatic rings. The zero-order chi connectivity index (χ0) is 21.3. The summed E-state index contributed by atoms with van der Waals surface area (Å²) in [5.74, 6) is -0.471. The Morgan fingerprint density at radius 3 is 2.50 bits per heavy atom. The van der Waals surface area contributed by atoms with Crippen LogP contribution in [0.5, 0.6) is 0 Å². The topological polar surface area (TPSA) is 108 Å². The molecule has 0 spiro atoms. The summed E-state index contributed by atoms with van der Waals surface area (Å²) in [4.78, 5) is 49.8. The van der Waals surface area contributed by atoms with Gasteiger partial charge in [0.2, 0.25) is 11.8 Å². The van der Waals surface area contributed by atoms with Crippen LogP contribution in [-0.2, 0) is 19.2 Å². The largest absolute Gasteiger partial charge is 0.353 e. The predicted molar refractivity (Wildman–Crippen MR) is 107 cm³/mol. The minimum Gasteiger partial charge on any atom is -0.353 e. The van der Waals surface area contributed by atoms with Gasteiger partial charge in [-0.05, 0) is 58.6 Å². The lowest BCUT2D eigenvalue weighted by molar-refractivity contribution is -0.130. The first-order valence-corrected chi connectivity index (χ1v) is 9.91. The molecule has 0 aromatic carbocycles. The lowest BCUT2D eigenvalue weighted by Gasteiger charge is -2.25. The maximum absolute atomic E-state index is 12.6. The van der Waals surface area contributed by atoms with Crippen molar-refractivity contribution in [3.8, 4) is 0 Å². The number of nitrogens with one attached hydrogen (secondary N) is 3. The summed E-state index contributed by atoms with van der Waals surface area (Å²) in [7, 11) is 1.74. The molecule has 8 nitrogen and oxygen atoms in total. The predicted octanol–water partition coefficient (Wildman–Crippen LogP) is 0.725. The van der Waals surface area contributed by atoms with E-state index in [1.54, 1.807) is 24.9 Å². The van der Waals surface area contributed by atoms with Crippen LogP contribution in [0, 0.1) is 5.92 Å². The van der Waals surface area contributed by atoms with Gasteiger partial charge in [-0.15, -0.1) is 0 Å². The molecule has 1 fully saturated rings. The van der Waals surface area contributed by atoms with E-state index in [1.807, 2.05) is 13.8 Å². The second-order valence-electron chi connectivity index (χ2n) is 7.68. The molecule has 0 bridgehead atoms. The Morgan fingerprint density at radius 2 is 1.93 bits per heavy atom. The van der Waals surface area contributed by atoms with Gasteiger partial charge in [0.15, 0.2) is 11.9 Å². The molecule has 0 aromatic rings. The van der Waals surface area contributed by atoms with Gasteiger partial charge in [-0.1, -0.05) is 19.9 Å². The molecule has 158 valence electrons. The van der Waals surface area contributed by atoms with Crippen LogP contribution < -0.4 is 16.0 Å². The lowest BCUT2D eigenvalue weighted by atomic mass is 10.0. The summed E-state index contributed by atoms with van der Waals surface area (Å²) in [5.41, 5.74) is 0. The van der Waals surface area contributed by atoms with Crippen molar-refractivity contribution in [1.29, 1.82) is 0 Å². The molecule has 3 N–H and O–H groups in total. The van der Waals surface area contributed by atoms with Crippen molar-refractivity contribution in [1.82, 2.24) is 20.9 Å². The summed E-state index contributed by atoms with van der Waals surface area (Å²) in [5, 5.41) is 8.22. The van der Waals surface area contributed by atoms with Crippen molar-refractivity contribution in [3.63, 3.8) is 0 Å². The number of carbonyl (C=O) groups excluding carboxylic acids is 4. The third kappa shape index (κ3) is 7.42. The smallest absolute Gasteiger partial charge is 0.258 e. The first-order valence-electron chi connectivity index (χ1n) is 9.91. The number of rotatable bonds is 11. The highest BCUT2D eigenvalue weighted by molar-refractivity contribution is 5.95. The molecule has 8 heteroatoms. The van der Waals surface area contributed by atoms with Gasteiger partial charge in [-0.25, -0.2) is 0 Å². The van der Waals surface area contributed by atoms with Crippen LogP contribution in [-0.4, -0.2) is 60.2 Å². The molecule has 3 atom stereocenters. The minimum atomic E-state index is -0.766. The number of nitrogens with zero attached hydrogens (tertiary/aromatic N) is 1. The van der Waals surface area contributed by atoms with E-state index in [2.05, 4.69) is 16.0 Å². The maximum atomic E-state index is 12.6. The van der Waals surface area contributed by atoms with E-state index in [9.17, 15) is 19.2 Å². The van der Waals surface area contributed by atoms with Crippen LogP contribution in [0.25, 0.3) is 0 Å². The number of unbranched alkanes of at least 4 members (excludes halogenated alkanes) is 1. The van der Waals surface area contributed by atoms with Gasteiger partial charge in [-0.2, -0.15) is 0 Å².